The van der Waals surface area contributed by atoms with Gasteiger partial charge in [-0.05, 0) is 74.9 Å². The number of nitrogens with zero attached hydrogens (tertiary/aromatic N) is 4. The number of piperidine rings is 1. The number of benzene rings is 1. The zero-order chi connectivity index (χ0) is 19.8. The Morgan fingerprint density at radius 2 is 1.96 bits per heavy atom. The standard InChI is InChI=1S/C21H28N4O3/c1-3-28-22-16-19-5-7-20(8-6-19)27-15-12-18-10-13-24(14-11-18)21-9-4-17(2)23-25(21)26/h4-9,16,18H,3,10-15H2,1-2H3. The molecule has 0 bridgehead atoms. The van der Waals surface area contributed by atoms with E-state index in [0.717, 1.165) is 54.2 Å². The summed E-state index contributed by atoms with van der Waals surface area (Å²) in [7, 11) is 0. The molecule has 2 heterocycles. The van der Waals surface area contributed by atoms with Crippen molar-refractivity contribution >= 4 is 12.0 Å². The van der Waals surface area contributed by atoms with Crippen LogP contribution in [0.5, 0.6) is 5.75 Å². The lowest BCUT2D eigenvalue weighted by Gasteiger charge is -2.28. The van der Waals surface area contributed by atoms with Gasteiger partial charge in [0.05, 0.1) is 31.6 Å². The summed E-state index contributed by atoms with van der Waals surface area (Å²) in [5.74, 6) is 2.13. The highest BCUT2D eigenvalue weighted by Gasteiger charge is 2.26. The summed E-state index contributed by atoms with van der Waals surface area (Å²) in [6.45, 7) is 6.75. The third-order valence-electron chi connectivity index (χ3n) is 4.94. The van der Waals surface area contributed by atoms with E-state index >= 15 is 0 Å². The van der Waals surface area contributed by atoms with Crippen LogP contribution in [0.15, 0.2) is 41.6 Å². The Morgan fingerprint density at radius 3 is 2.64 bits per heavy atom. The van der Waals surface area contributed by atoms with Gasteiger partial charge in [-0.25, -0.2) is 0 Å². The molecule has 0 spiro atoms. The Labute approximate surface area is 166 Å². The van der Waals surface area contributed by atoms with E-state index in [0.29, 0.717) is 24.9 Å². The van der Waals surface area contributed by atoms with Crippen LogP contribution in [0.2, 0.25) is 0 Å². The third kappa shape index (κ3) is 5.58. The van der Waals surface area contributed by atoms with Crippen LogP contribution in [0, 0.1) is 18.0 Å². The lowest BCUT2D eigenvalue weighted by atomic mass is 9.94. The first-order chi connectivity index (χ1) is 13.7. The van der Waals surface area contributed by atoms with Crippen LogP contribution in [-0.4, -0.2) is 37.6 Å². The number of rotatable bonds is 8. The second kappa shape index (κ2) is 9.92. The van der Waals surface area contributed by atoms with Crippen LogP contribution in [0.4, 0.5) is 5.82 Å². The molecule has 0 unspecified atom stereocenters. The quantitative estimate of drug-likeness (QED) is 0.303. The summed E-state index contributed by atoms with van der Waals surface area (Å²) in [6, 6.07) is 11.6. The van der Waals surface area contributed by atoms with Crippen molar-refractivity contribution in [2.45, 2.75) is 33.1 Å². The molecule has 1 saturated heterocycles. The summed E-state index contributed by atoms with van der Waals surface area (Å²) < 4.78 is 5.88. The van der Waals surface area contributed by atoms with E-state index in [1.807, 2.05) is 50.2 Å². The van der Waals surface area contributed by atoms with Crippen molar-refractivity contribution in [1.82, 2.24) is 5.10 Å². The molecule has 3 rings (SSSR count). The maximum absolute atomic E-state index is 12.0. The van der Waals surface area contributed by atoms with Crippen LogP contribution in [0.3, 0.4) is 0 Å². The Morgan fingerprint density at radius 1 is 1.21 bits per heavy atom. The molecule has 0 radical (unpaired) electrons. The van der Waals surface area contributed by atoms with Gasteiger partial charge in [-0.1, -0.05) is 10.3 Å². The van der Waals surface area contributed by atoms with Gasteiger partial charge in [-0.3, -0.25) is 4.90 Å². The summed E-state index contributed by atoms with van der Waals surface area (Å²) in [4.78, 5) is 7.82. The Hall–Kier alpha value is -2.83. The average molecular weight is 384 g/mol. The van der Waals surface area contributed by atoms with Gasteiger partial charge in [0.15, 0.2) is 0 Å². The van der Waals surface area contributed by atoms with Crippen molar-refractivity contribution in [2.75, 3.05) is 31.2 Å². The second-order valence-corrected chi connectivity index (χ2v) is 6.99. The Kier molecular flexibility index (Phi) is 7.06. The molecular formula is C21H28N4O3. The first-order valence-electron chi connectivity index (χ1n) is 9.86. The monoisotopic (exact) mass is 384 g/mol. The van der Waals surface area contributed by atoms with Gasteiger partial charge in [-0.15, -0.1) is 4.85 Å². The van der Waals surface area contributed by atoms with Gasteiger partial charge in [-0.2, -0.15) is 0 Å². The number of oxime groups is 1. The molecule has 0 amide bonds. The first kappa shape index (κ1) is 19.9. The minimum absolute atomic E-state index is 0.565. The van der Waals surface area contributed by atoms with Crippen molar-refractivity contribution in [3.05, 3.63) is 52.9 Å². The fraction of sp³-hybridized carbons (Fsp3) is 0.476. The van der Waals surface area contributed by atoms with E-state index in [1.54, 1.807) is 6.21 Å². The lowest BCUT2D eigenvalue weighted by Crippen LogP contribution is -2.44. The molecule has 1 aliphatic rings. The molecule has 1 fully saturated rings. The fourth-order valence-corrected chi connectivity index (χ4v) is 3.33. The molecule has 7 heteroatoms. The van der Waals surface area contributed by atoms with Crippen LogP contribution in [0.1, 0.15) is 37.4 Å². The maximum atomic E-state index is 12.0. The second-order valence-electron chi connectivity index (χ2n) is 6.99. The predicted octanol–water partition coefficient (Wildman–Crippen LogP) is 3.08. The molecular weight excluding hydrogens is 356 g/mol. The van der Waals surface area contributed by atoms with Gasteiger partial charge >= 0.3 is 5.82 Å². The minimum atomic E-state index is 0.565. The smallest absolute Gasteiger partial charge is 0.301 e. The molecule has 1 aliphatic heterocycles. The van der Waals surface area contributed by atoms with Crippen molar-refractivity contribution in [2.24, 2.45) is 11.1 Å². The fourth-order valence-electron chi connectivity index (χ4n) is 3.33. The molecule has 0 saturated carbocycles. The van der Waals surface area contributed by atoms with E-state index in [4.69, 9.17) is 9.57 Å². The number of anilines is 1. The number of aromatic nitrogens is 2. The molecule has 0 aliphatic carbocycles. The van der Waals surface area contributed by atoms with Gasteiger partial charge in [0, 0.05) is 6.07 Å². The van der Waals surface area contributed by atoms with Gasteiger partial charge < -0.3 is 14.8 Å². The maximum Gasteiger partial charge on any atom is 0.301 e. The average Bonchev–Trinajstić information content (AvgIpc) is 2.70. The number of aryl methyl sites for hydroxylation is 1. The summed E-state index contributed by atoms with van der Waals surface area (Å²) in [5.41, 5.74) is 1.72. The molecule has 2 aromatic rings. The van der Waals surface area contributed by atoms with Crippen LogP contribution in [0.25, 0.3) is 0 Å². The molecule has 0 atom stereocenters. The predicted molar refractivity (Wildman–Crippen MR) is 109 cm³/mol. The Bertz CT molecular complexity index is 772. The highest BCUT2D eigenvalue weighted by molar-refractivity contribution is 5.79. The highest BCUT2D eigenvalue weighted by atomic mass is 16.6. The van der Waals surface area contributed by atoms with E-state index < -0.39 is 0 Å². The SMILES string of the molecule is CCON=Cc1ccc(OCCC2CCN(c3ccc(C)n[n+]3[O-])CC2)cc1. The highest BCUT2D eigenvalue weighted by Crippen LogP contribution is 2.23. The van der Waals surface area contributed by atoms with Gasteiger partial charge in [0.2, 0.25) is 0 Å². The Balaban J connectivity index is 1.39. The molecule has 0 N–H and O–H groups in total. The minimum Gasteiger partial charge on any atom is -0.691 e. The number of hydrogen-bond acceptors (Lipinski definition) is 6. The first-order valence-corrected chi connectivity index (χ1v) is 9.86. The largest absolute Gasteiger partial charge is 0.691 e. The van der Waals surface area contributed by atoms with Crippen LogP contribution < -0.4 is 14.5 Å². The lowest BCUT2D eigenvalue weighted by molar-refractivity contribution is -0.657. The van der Waals surface area contributed by atoms with E-state index in [9.17, 15) is 5.21 Å². The molecule has 1 aromatic heterocycles. The number of ether oxygens (including phenoxy) is 1. The molecule has 150 valence electrons. The van der Waals surface area contributed by atoms with Crippen LogP contribution in [-0.2, 0) is 4.84 Å². The van der Waals surface area contributed by atoms with E-state index in [2.05, 4.69) is 15.2 Å². The summed E-state index contributed by atoms with van der Waals surface area (Å²) >= 11 is 0. The van der Waals surface area contributed by atoms with Gasteiger partial charge in [0.25, 0.3) is 0 Å². The number of hydrogen-bond donors (Lipinski definition) is 0. The zero-order valence-corrected chi connectivity index (χ0v) is 16.6. The third-order valence-corrected chi connectivity index (χ3v) is 4.94. The van der Waals surface area contributed by atoms with Gasteiger partial charge in [0.1, 0.15) is 12.4 Å². The normalized spacial score (nSPS) is 15.1. The van der Waals surface area contributed by atoms with Crippen LogP contribution >= 0.6 is 0 Å². The molecule has 7 nitrogen and oxygen atoms in total. The summed E-state index contributed by atoms with van der Waals surface area (Å²) in [6.07, 6.45) is 4.83. The molecule has 28 heavy (non-hydrogen) atoms. The summed E-state index contributed by atoms with van der Waals surface area (Å²) in [5, 5.41) is 19.8. The van der Waals surface area contributed by atoms with Crippen molar-refractivity contribution in [3.8, 4) is 5.75 Å². The molecule has 1 aromatic carbocycles. The topological polar surface area (TPSA) is 73.9 Å². The van der Waals surface area contributed by atoms with Crippen molar-refractivity contribution in [3.63, 3.8) is 0 Å². The van der Waals surface area contributed by atoms with E-state index in [-0.39, 0.29) is 0 Å². The van der Waals surface area contributed by atoms with Crippen molar-refractivity contribution < 1.29 is 14.4 Å². The van der Waals surface area contributed by atoms with E-state index in [1.165, 1.54) is 0 Å². The zero-order valence-electron chi connectivity index (χ0n) is 16.6. The van der Waals surface area contributed by atoms with Crippen molar-refractivity contribution in [1.29, 1.82) is 0 Å².